The van der Waals surface area contributed by atoms with Crippen molar-refractivity contribution in [2.75, 3.05) is 0 Å². The Bertz CT molecular complexity index is 1190. The van der Waals surface area contributed by atoms with E-state index in [0.717, 1.165) is 22.0 Å². The summed E-state index contributed by atoms with van der Waals surface area (Å²) in [6.07, 6.45) is 0.812. The molecule has 34 heavy (non-hydrogen) atoms. The normalized spacial score (nSPS) is 14.0. The molecule has 0 radical (unpaired) electrons. The third kappa shape index (κ3) is 6.39. The zero-order chi connectivity index (χ0) is 24.7. The summed E-state index contributed by atoms with van der Waals surface area (Å²) < 4.78 is 0.979. The summed E-state index contributed by atoms with van der Waals surface area (Å²) in [4.78, 5) is 0. The van der Waals surface area contributed by atoms with Crippen molar-refractivity contribution < 1.29 is 0 Å². The van der Waals surface area contributed by atoms with Crippen LogP contribution < -0.4 is 5.32 Å². The molecule has 0 spiro atoms. The van der Waals surface area contributed by atoms with Crippen molar-refractivity contribution in [2.24, 2.45) is 5.41 Å². The van der Waals surface area contributed by atoms with Crippen molar-refractivity contribution in [1.29, 1.82) is 10.5 Å². The molecule has 0 amide bonds. The SMILES string of the molecule is C[C@H](NC(c1ccccc1Cl)C(C)(C)C#N)[C@@H](Cc1ccc(CI)cc1)c1cccc(C#N)c1. The Morgan fingerprint density at radius 3 is 2.26 bits per heavy atom. The minimum atomic E-state index is -0.680. The standard InChI is InChI=1S/C29H29ClIN3/c1-20(34-28(29(2,3)19-33)25-9-4-5-10-27(25)30)26(24-8-6-7-23(15-24)18-32)16-21-11-13-22(17-31)14-12-21/h4-15,20,26,28,34H,16-17H2,1-3H3/t20-,26+,28?/m0/s1. The Balaban J connectivity index is 2.00. The van der Waals surface area contributed by atoms with Gasteiger partial charge in [0.05, 0.1) is 29.2 Å². The van der Waals surface area contributed by atoms with E-state index < -0.39 is 5.41 Å². The van der Waals surface area contributed by atoms with E-state index in [4.69, 9.17) is 11.6 Å². The van der Waals surface area contributed by atoms with Crippen LogP contribution in [-0.4, -0.2) is 6.04 Å². The zero-order valence-corrected chi connectivity index (χ0v) is 22.6. The van der Waals surface area contributed by atoms with Crippen LogP contribution in [0.4, 0.5) is 0 Å². The molecule has 0 aliphatic rings. The van der Waals surface area contributed by atoms with E-state index in [1.165, 1.54) is 11.1 Å². The number of nitrogens with zero attached hydrogens (tertiary/aromatic N) is 2. The maximum absolute atomic E-state index is 9.97. The van der Waals surface area contributed by atoms with Gasteiger partial charge < -0.3 is 5.32 Å². The van der Waals surface area contributed by atoms with E-state index >= 15 is 0 Å². The lowest BCUT2D eigenvalue weighted by Gasteiger charge is -2.36. The van der Waals surface area contributed by atoms with Crippen LogP contribution in [0, 0.1) is 28.1 Å². The van der Waals surface area contributed by atoms with Gasteiger partial charge in [-0.3, -0.25) is 0 Å². The maximum Gasteiger partial charge on any atom is 0.0991 e. The highest BCUT2D eigenvalue weighted by atomic mass is 127. The molecule has 3 rings (SSSR count). The first kappa shape index (κ1) is 26.2. The third-order valence-corrected chi connectivity index (χ3v) is 7.56. The third-order valence-electron chi connectivity index (χ3n) is 6.34. The van der Waals surface area contributed by atoms with Gasteiger partial charge in [0.15, 0.2) is 0 Å². The van der Waals surface area contributed by atoms with Crippen molar-refractivity contribution in [1.82, 2.24) is 5.32 Å². The Kier molecular flexibility index (Phi) is 9.14. The number of alkyl halides is 1. The summed E-state index contributed by atoms with van der Waals surface area (Å²) in [5.74, 6) is 0.0956. The van der Waals surface area contributed by atoms with Gasteiger partial charge in [-0.1, -0.05) is 88.8 Å². The van der Waals surface area contributed by atoms with Crippen molar-refractivity contribution in [3.8, 4) is 12.1 Å². The van der Waals surface area contributed by atoms with E-state index in [1.807, 2.05) is 56.3 Å². The number of hydrogen-bond acceptors (Lipinski definition) is 3. The van der Waals surface area contributed by atoms with Crippen LogP contribution in [-0.2, 0) is 10.8 Å². The summed E-state index contributed by atoms with van der Waals surface area (Å²) in [7, 11) is 0. The molecule has 0 aliphatic carbocycles. The highest BCUT2D eigenvalue weighted by Gasteiger charge is 2.35. The van der Waals surface area contributed by atoms with E-state index in [1.54, 1.807) is 0 Å². The summed E-state index contributed by atoms with van der Waals surface area (Å²) >= 11 is 8.95. The van der Waals surface area contributed by atoms with Crippen LogP contribution in [0.15, 0.2) is 72.8 Å². The van der Waals surface area contributed by atoms with Gasteiger partial charge in [0.1, 0.15) is 0 Å². The summed E-state index contributed by atoms with van der Waals surface area (Å²) in [6, 6.07) is 28.7. The van der Waals surface area contributed by atoms with Gasteiger partial charge in [0.25, 0.3) is 0 Å². The summed E-state index contributed by atoms with van der Waals surface area (Å²) in [5, 5.41) is 23.8. The molecule has 3 aromatic carbocycles. The van der Waals surface area contributed by atoms with Gasteiger partial charge in [-0.15, -0.1) is 0 Å². The molecule has 0 aromatic heterocycles. The molecular weight excluding hydrogens is 553 g/mol. The lowest BCUT2D eigenvalue weighted by atomic mass is 9.79. The van der Waals surface area contributed by atoms with Gasteiger partial charge in [0.2, 0.25) is 0 Å². The fourth-order valence-corrected chi connectivity index (χ4v) is 5.03. The monoisotopic (exact) mass is 581 g/mol. The molecule has 3 aromatic rings. The summed E-state index contributed by atoms with van der Waals surface area (Å²) in [6.45, 7) is 6.03. The lowest BCUT2D eigenvalue weighted by Crippen LogP contribution is -2.42. The number of hydrogen-bond donors (Lipinski definition) is 1. The second-order valence-electron chi connectivity index (χ2n) is 9.24. The van der Waals surface area contributed by atoms with E-state index in [-0.39, 0.29) is 18.0 Å². The molecule has 0 saturated heterocycles. The first-order chi connectivity index (χ1) is 16.3. The Morgan fingerprint density at radius 1 is 0.971 bits per heavy atom. The van der Waals surface area contributed by atoms with Crippen LogP contribution >= 0.6 is 34.2 Å². The average molecular weight is 582 g/mol. The van der Waals surface area contributed by atoms with Crippen LogP contribution in [0.2, 0.25) is 5.02 Å². The zero-order valence-electron chi connectivity index (χ0n) is 19.7. The number of benzene rings is 3. The number of halogens is 2. The predicted molar refractivity (Wildman–Crippen MR) is 148 cm³/mol. The average Bonchev–Trinajstić information content (AvgIpc) is 2.86. The fraction of sp³-hybridized carbons (Fsp3) is 0.310. The highest BCUT2D eigenvalue weighted by Crippen LogP contribution is 2.38. The predicted octanol–water partition coefficient (Wildman–Crippen LogP) is 7.74. The molecule has 0 bridgehead atoms. The molecule has 174 valence electrons. The highest BCUT2D eigenvalue weighted by molar-refractivity contribution is 14.1. The first-order valence-electron chi connectivity index (χ1n) is 11.3. The molecule has 3 atom stereocenters. The van der Waals surface area contributed by atoms with E-state index in [2.05, 4.69) is 77.3 Å². The minimum Gasteiger partial charge on any atom is -0.305 e. The lowest BCUT2D eigenvalue weighted by molar-refractivity contribution is 0.281. The summed E-state index contributed by atoms with van der Waals surface area (Å²) in [5.41, 5.74) is 4.52. The minimum absolute atomic E-state index is 0.00657. The number of nitrogens with one attached hydrogen (secondary N) is 1. The van der Waals surface area contributed by atoms with Crippen LogP contribution in [0.25, 0.3) is 0 Å². The van der Waals surface area contributed by atoms with E-state index in [9.17, 15) is 10.5 Å². The molecule has 5 heteroatoms. The maximum atomic E-state index is 9.97. The molecule has 0 aliphatic heterocycles. The van der Waals surface area contributed by atoms with Crippen LogP contribution in [0.5, 0.6) is 0 Å². The molecule has 1 N–H and O–H groups in total. The Hall–Kier alpha value is -2.38. The second kappa shape index (κ2) is 11.8. The second-order valence-corrected chi connectivity index (χ2v) is 10.4. The van der Waals surface area contributed by atoms with Gasteiger partial charge in [-0.05, 0) is 67.6 Å². The fourth-order valence-electron chi connectivity index (χ4n) is 4.28. The van der Waals surface area contributed by atoms with Crippen LogP contribution in [0.3, 0.4) is 0 Å². The van der Waals surface area contributed by atoms with E-state index in [0.29, 0.717) is 10.6 Å². The van der Waals surface area contributed by atoms with Gasteiger partial charge >= 0.3 is 0 Å². The van der Waals surface area contributed by atoms with Crippen molar-refractivity contribution >= 4 is 34.2 Å². The van der Waals surface area contributed by atoms with Crippen molar-refractivity contribution in [3.05, 3.63) is 106 Å². The molecular formula is C29H29ClIN3. The number of nitriles is 2. The largest absolute Gasteiger partial charge is 0.305 e. The molecule has 0 fully saturated rings. The Morgan fingerprint density at radius 2 is 1.65 bits per heavy atom. The van der Waals surface area contributed by atoms with Crippen molar-refractivity contribution in [3.63, 3.8) is 0 Å². The quantitative estimate of drug-likeness (QED) is 0.208. The molecule has 0 heterocycles. The smallest absolute Gasteiger partial charge is 0.0991 e. The number of rotatable bonds is 9. The molecule has 0 saturated carbocycles. The molecule has 3 nitrogen and oxygen atoms in total. The molecule has 1 unspecified atom stereocenters. The first-order valence-corrected chi connectivity index (χ1v) is 13.2. The van der Waals surface area contributed by atoms with Crippen LogP contribution in [0.1, 0.15) is 60.5 Å². The van der Waals surface area contributed by atoms with Gasteiger partial charge in [-0.2, -0.15) is 10.5 Å². The van der Waals surface area contributed by atoms with Gasteiger partial charge in [0, 0.05) is 21.4 Å². The topological polar surface area (TPSA) is 59.6 Å². The van der Waals surface area contributed by atoms with Crippen molar-refractivity contribution in [2.45, 2.75) is 49.6 Å². The Labute approximate surface area is 221 Å². The van der Waals surface area contributed by atoms with Gasteiger partial charge in [-0.25, -0.2) is 0 Å².